The molecule has 1 heterocycles. The quantitative estimate of drug-likeness (QED) is 0.866. The summed E-state index contributed by atoms with van der Waals surface area (Å²) in [6.45, 7) is 4.28. The molecule has 0 saturated carbocycles. The second-order valence-corrected chi connectivity index (χ2v) is 6.11. The summed E-state index contributed by atoms with van der Waals surface area (Å²) >= 11 is 0. The molecule has 5 heteroatoms. The lowest BCUT2D eigenvalue weighted by molar-refractivity contribution is -0.135. The first-order valence-electron chi connectivity index (χ1n) is 8.25. The second kappa shape index (κ2) is 9.91. The molecule has 0 aromatic heterocycles. The highest BCUT2D eigenvalue weighted by Crippen LogP contribution is 2.35. The largest absolute Gasteiger partial charge is 0.380 e. The smallest absolute Gasteiger partial charge is 0.225 e. The van der Waals surface area contributed by atoms with Crippen molar-refractivity contribution >= 4 is 18.3 Å². The van der Waals surface area contributed by atoms with E-state index in [-0.39, 0.29) is 24.4 Å². The first kappa shape index (κ1) is 19.9. The SMILES string of the molecule is CCC1CN(C(=O)CC(CN)OC)CCC1c1ccccc1.Cl. The van der Waals surface area contributed by atoms with Crippen LogP contribution in [0.1, 0.15) is 37.7 Å². The van der Waals surface area contributed by atoms with Crippen LogP contribution in [0.25, 0.3) is 0 Å². The molecule has 3 unspecified atom stereocenters. The van der Waals surface area contributed by atoms with E-state index in [2.05, 4.69) is 37.3 Å². The van der Waals surface area contributed by atoms with Gasteiger partial charge in [0.25, 0.3) is 0 Å². The number of halogens is 1. The second-order valence-electron chi connectivity index (χ2n) is 6.11. The minimum atomic E-state index is -0.167. The third kappa shape index (κ3) is 5.20. The average Bonchev–Trinajstić information content (AvgIpc) is 2.59. The summed E-state index contributed by atoms with van der Waals surface area (Å²) in [5, 5.41) is 0. The Morgan fingerprint density at radius 1 is 1.39 bits per heavy atom. The Kier molecular flexibility index (Phi) is 8.59. The van der Waals surface area contributed by atoms with Crippen LogP contribution in [0, 0.1) is 5.92 Å². The molecule has 2 N–H and O–H groups in total. The van der Waals surface area contributed by atoms with Gasteiger partial charge in [0, 0.05) is 26.7 Å². The van der Waals surface area contributed by atoms with Crippen molar-refractivity contribution in [2.75, 3.05) is 26.7 Å². The molecule has 0 aliphatic carbocycles. The monoisotopic (exact) mass is 340 g/mol. The summed E-state index contributed by atoms with van der Waals surface area (Å²) < 4.78 is 5.23. The number of piperidine rings is 1. The van der Waals surface area contributed by atoms with Gasteiger partial charge in [-0.3, -0.25) is 4.79 Å². The Labute approximate surface area is 145 Å². The number of benzene rings is 1. The molecule has 0 bridgehead atoms. The number of methoxy groups -OCH3 is 1. The van der Waals surface area contributed by atoms with E-state index < -0.39 is 0 Å². The number of hydrogen-bond acceptors (Lipinski definition) is 3. The summed E-state index contributed by atoms with van der Waals surface area (Å²) in [6.07, 6.45) is 2.35. The minimum absolute atomic E-state index is 0. The van der Waals surface area contributed by atoms with Crippen LogP contribution in [-0.4, -0.2) is 43.7 Å². The third-order valence-electron chi connectivity index (χ3n) is 4.84. The van der Waals surface area contributed by atoms with Crippen molar-refractivity contribution in [2.45, 2.75) is 38.2 Å². The number of likely N-dealkylation sites (tertiary alicyclic amines) is 1. The van der Waals surface area contributed by atoms with Crippen LogP contribution in [0.15, 0.2) is 30.3 Å². The van der Waals surface area contributed by atoms with Crippen LogP contribution in [0.5, 0.6) is 0 Å². The van der Waals surface area contributed by atoms with Crippen molar-refractivity contribution in [3.05, 3.63) is 35.9 Å². The molecular weight excluding hydrogens is 312 g/mol. The number of nitrogens with zero attached hydrogens (tertiary/aromatic N) is 1. The van der Waals surface area contributed by atoms with Crippen molar-refractivity contribution in [1.82, 2.24) is 4.90 Å². The van der Waals surface area contributed by atoms with Gasteiger partial charge in [-0.1, -0.05) is 43.7 Å². The van der Waals surface area contributed by atoms with Crippen LogP contribution in [0.2, 0.25) is 0 Å². The first-order chi connectivity index (χ1) is 10.7. The predicted molar refractivity (Wildman–Crippen MR) is 95.9 cm³/mol. The molecule has 1 saturated heterocycles. The maximum absolute atomic E-state index is 12.4. The number of rotatable bonds is 6. The van der Waals surface area contributed by atoms with Crippen molar-refractivity contribution in [1.29, 1.82) is 0 Å². The normalized spacial score (nSPS) is 22.3. The van der Waals surface area contributed by atoms with Crippen molar-refractivity contribution in [2.24, 2.45) is 11.7 Å². The fourth-order valence-electron chi connectivity index (χ4n) is 3.40. The Balaban J connectivity index is 0.00000264. The molecule has 3 atom stereocenters. The summed E-state index contributed by atoms with van der Waals surface area (Å²) in [5.41, 5.74) is 7.02. The molecular formula is C18H29ClN2O2. The molecule has 2 rings (SSSR count). The molecule has 130 valence electrons. The van der Waals surface area contributed by atoms with Gasteiger partial charge in [0.05, 0.1) is 12.5 Å². The number of ether oxygens (including phenoxy) is 1. The molecule has 1 aromatic rings. The number of nitrogens with two attached hydrogens (primary N) is 1. The fourth-order valence-corrected chi connectivity index (χ4v) is 3.40. The van der Waals surface area contributed by atoms with Crippen LogP contribution < -0.4 is 5.73 Å². The lowest BCUT2D eigenvalue weighted by atomic mass is 9.79. The van der Waals surface area contributed by atoms with E-state index in [9.17, 15) is 4.79 Å². The van der Waals surface area contributed by atoms with E-state index in [1.807, 2.05) is 4.90 Å². The van der Waals surface area contributed by atoms with Crippen LogP contribution in [0.4, 0.5) is 0 Å². The molecule has 1 aliphatic rings. The zero-order valence-electron chi connectivity index (χ0n) is 14.1. The number of hydrogen-bond donors (Lipinski definition) is 1. The zero-order chi connectivity index (χ0) is 15.9. The highest BCUT2D eigenvalue weighted by Gasteiger charge is 2.31. The van der Waals surface area contributed by atoms with Crippen molar-refractivity contribution < 1.29 is 9.53 Å². The van der Waals surface area contributed by atoms with E-state index >= 15 is 0 Å². The highest BCUT2D eigenvalue weighted by molar-refractivity contribution is 5.85. The minimum Gasteiger partial charge on any atom is -0.380 e. The molecule has 4 nitrogen and oxygen atoms in total. The summed E-state index contributed by atoms with van der Waals surface area (Å²) in [4.78, 5) is 14.4. The number of carbonyl (C=O) groups excluding carboxylic acids is 1. The molecule has 1 fully saturated rings. The van der Waals surface area contributed by atoms with Gasteiger partial charge in [-0.25, -0.2) is 0 Å². The number of carbonyl (C=O) groups is 1. The van der Waals surface area contributed by atoms with Gasteiger partial charge in [0.2, 0.25) is 5.91 Å². The summed E-state index contributed by atoms with van der Waals surface area (Å²) in [7, 11) is 1.61. The Hall–Kier alpha value is -1.10. The van der Waals surface area contributed by atoms with Gasteiger partial charge in [-0.05, 0) is 23.8 Å². The summed E-state index contributed by atoms with van der Waals surface area (Å²) in [6, 6.07) is 10.7. The van der Waals surface area contributed by atoms with Crippen LogP contribution in [-0.2, 0) is 9.53 Å². The first-order valence-corrected chi connectivity index (χ1v) is 8.25. The van der Waals surface area contributed by atoms with E-state index in [4.69, 9.17) is 10.5 Å². The Bertz CT molecular complexity index is 465. The van der Waals surface area contributed by atoms with Crippen molar-refractivity contribution in [3.8, 4) is 0 Å². The Morgan fingerprint density at radius 2 is 2.09 bits per heavy atom. The molecule has 1 amide bonds. The third-order valence-corrected chi connectivity index (χ3v) is 4.84. The predicted octanol–water partition coefficient (Wildman–Crippen LogP) is 2.81. The molecule has 1 aromatic carbocycles. The standard InChI is InChI=1S/C18H28N2O2.ClH/c1-3-14-13-20(18(21)11-16(12-19)22-2)10-9-17(14)15-7-5-4-6-8-15;/h4-8,14,16-17H,3,9-13,19H2,1-2H3;1H. The summed E-state index contributed by atoms with van der Waals surface area (Å²) in [5.74, 6) is 1.25. The fraction of sp³-hybridized carbons (Fsp3) is 0.611. The van der Waals surface area contributed by atoms with E-state index in [0.717, 1.165) is 25.9 Å². The molecule has 23 heavy (non-hydrogen) atoms. The highest BCUT2D eigenvalue weighted by atomic mass is 35.5. The van der Waals surface area contributed by atoms with Crippen molar-refractivity contribution in [3.63, 3.8) is 0 Å². The van der Waals surface area contributed by atoms with E-state index in [1.54, 1.807) is 7.11 Å². The van der Waals surface area contributed by atoms with Gasteiger partial charge in [-0.15, -0.1) is 12.4 Å². The molecule has 0 spiro atoms. The average molecular weight is 341 g/mol. The van der Waals surface area contributed by atoms with Gasteiger partial charge in [-0.2, -0.15) is 0 Å². The van der Waals surface area contributed by atoms with Crippen LogP contribution in [0.3, 0.4) is 0 Å². The Morgan fingerprint density at radius 3 is 2.65 bits per heavy atom. The van der Waals surface area contributed by atoms with Crippen LogP contribution >= 0.6 is 12.4 Å². The molecule has 1 aliphatic heterocycles. The molecule has 0 radical (unpaired) electrons. The van der Waals surface area contributed by atoms with Gasteiger partial charge in [0.15, 0.2) is 0 Å². The van der Waals surface area contributed by atoms with Gasteiger partial charge in [0.1, 0.15) is 0 Å². The van der Waals surface area contributed by atoms with E-state index in [1.165, 1.54) is 5.56 Å². The lowest BCUT2D eigenvalue weighted by Gasteiger charge is -2.39. The maximum atomic E-state index is 12.4. The zero-order valence-corrected chi connectivity index (χ0v) is 14.9. The van der Waals surface area contributed by atoms with Gasteiger partial charge < -0.3 is 15.4 Å². The van der Waals surface area contributed by atoms with E-state index in [0.29, 0.717) is 24.8 Å². The number of amides is 1. The topological polar surface area (TPSA) is 55.6 Å². The lowest BCUT2D eigenvalue weighted by Crippen LogP contribution is -2.44. The van der Waals surface area contributed by atoms with Gasteiger partial charge >= 0.3 is 0 Å². The maximum Gasteiger partial charge on any atom is 0.225 e.